The Morgan fingerprint density at radius 1 is 1.08 bits per heavy atom. The lowest BCUT2D eigenvalue weighted by Gasteiger charge is -2.61. The van der Waals surface area contributed by atoms with Crippen molar-refractivity contribution in [1.29, 1.82) is 0 Å². The van der Waals surface area contributed by atoms with Crippen molar-refractivity contribution in [1.82, 2.24) is 5.32 Å². The topological polar surface area (TPSA) is 75.3 Å². The van der Waals surface area contributed by atoms with Crippen LogP contribution in [0.4, 0.5) is 5.69 Å². The molecule has 25 heavy (non-hydrogen) atoms. The Balaban J connectivity index is 1.62. The third kappa shape index (κ3) is 2.91. The molecule has 0 unspecified atom stereocenters. The number of amides is 1. The second-order valence-electron chi connectivity index (χ2n) is 7.18. The number of nitrogens with one attached hydrogen (secondary N) is 2. The van der Waals surface area contributed by atoms with E-state index in [9.17, 15) is 13.2 Å². The largest absolute Gasteiger partial charge is 0.347 e. The minimum atomic E-state index is -3.74. The number of hydrogen-bond donors (Lipinski definition) is 2. The second kappa shape index (κ2) is 5.59. The zero-order valence-corrected chi connectivity index (χ0v) is 14.8. The Morgan fingerprint density at radius 2 is 1.76 bits per heavy atom. The lowest BCUT2D eigenvalue weighted by molar-refractivity contribution is -0.0438. The number of hydrogen-bond acceptors (Lipinski definition) is 3. The van der Waals surface area contributed by atoms with Crippen LogP contribution in [0.3, 0.4) is 0 Å². The molecule has 130 valence electrons. The van der Waals surface area contributed by atoms with Crippen LogP contribution in [0, 0.1) is 12.8 Å². The average Bonchev–Trinajstić information content (AvgIpc) is 2.50. The van der Waals surface area contributed by atoms with Gasteiger partial charge in [-0.15, -0.1) is 0 Å². The number of aryl methyl sites for hydroxylation is 1. The molecular weight excluding hydrogens is 336 g/mol. The van der Waals surface area contributed by atoms with Gasteiger partial charge in [0.15, 0.2) is 0 Å². The predicted molar refractivity (Wildman–Crippen MR) is 96.0 cm³/mol. The minimum absolute atomic E-state index is 0.0534. The van der Waals surface area contributed by atoms with E-state index in [4.69, 9.17) is 0 Å². The monoisotopic (exact) mass is 356 g/mol. The van der Waals surface area contributed by atoms with Crippen LogP contribution in [0.1, 0.15) is 35.2 Å². The highest BCUT2D eigenvalue weighted by atomic mass is 32.2. The SMILES string of the molecule is Cc1ccc(C(=O)NC23CC(C2)C3)c(NS(=O)(=O)c2ccccc2)c1. The molecular formula is C19H20N2O3S. The van der Waals surface area contributed by atoms with Gasteiger partial charge in [0.1, 0.15) is 0 Å². The van der Waals surface area contributed by atoms with E-state index >= 15 is 0 Å². The van der Waals surface area contributed by atoms with Gasteiger partial charge in [-0.1, -0.05) is 24.3 Å². The van der Waals surface area contributed by atoms with Crippen LogP contribution < -0.4 is 10.0 Å². The Hall–Kier alpha value is -2.34. The molecule has 3 aliphatic rings. The second-order valence-corrected chi connectivity index (χ2v) is 8.86. The summed E-state index contributed by atoms with van der Waals surface area (Å²) in [5.41, 5.74) is 1.50. The summed E-state index contributed by atoms with van der Waals surface area (Å²) in [4.78, 5) is 12.9. The maximum Gasteiger partial charge on any atom is 0.261 e. The predicted octanol–water partition coefficient (Wildman–Crippen LogP) is 3.08. The van der Waals surface area contributed by atoms with Crippen LogP contribution in [0.15, 0.2) is 53.4 Å². The highest BCUT2D eigenvalue weighted by Crippen LogP contribution is 2.57. The molecule has 2 aromatic carbocycles. The molecule has 0 aromatic heterocycles. The average molecular weight is 356 g/mol. The van der Waals surface area contributed by atoms with Crippen molar-refractivity contribution in [3.63, 3.8) is 0 Å². The van der Waals surface area contributed by atoms with E-state index in [1.807, 2.05) is 13.0 Å². The molecule has 0 aliphatic heterocycles. The first kappa shape index (κ1) is 16.1. The maximum atomic E-state index is 12.7. The fourth-order valence-electron chi connectivity index (χ4n) is 3.68. The van der Waals surface area contributed by atoms with E-state index in [2.05, 4.69) is 10.0 Å². The van der Waals surface area contributed by atoms with Gasteiger partial charge in [0.2, 0.25) is 0 Å². The van der Waals surface area contributed by atoms with Crippen molar-refractivity contribution >= 4 is 21.6 Å². The molecule has 6 heteroatoms. The summed E-state index contributed by atoms with van der Waals surface area (Å²) in [6.07, 6.45) is 3.11. The van der Waals surface area contributed by atoms with Gasteiger partial charge in [-0.05, 0) is 61.9 Å². The first-order chi connectivity index (χ1) is 11.9. The lowest BCUT2D eigenvalue weighted by Crippen LogP contribution is -2.68. The van der Waals surface area contributed by atoms with E-state index in [0.29, 0.717) is 11.3 Å². The van der Waals surface area contributed by atoms with Crippen LogP contribution >= 0.6 is 0 Å². The number of sulfonamides is 1. The van der Waals surface area contributed by atoms with Crippen LogP contribution in [0.25, 0.3) is 0 Å². The van der Waals surface area contributed by atoms with Gasteiger partial charge < -0.3 is 5.32 Å². The number of carbonyl (C=O) groups is 1. The summed E-state index contributed by atoms with van der Waals surface area (Å²) < 4.78 is 27.8. The molecule has 3 saturated carbocycles. The van der Waals surface area contributed by atoms with Crippen LogP contribution in [0.5, 0.6) is 0 Å². The molecule has 0 saturated heterocycles. The third-order valence-electron chi connectivity index (χ3n) is 5.13. The van der Waals surface area contributed by atoms with E-state index in [-0.39, 0.29) is 16.3 Å². The first-order valence-electron chi connectivity index (χ1n) is 8.38. The van der Waals surface area contributed by atoms with Crippen molar-refractivity contribution in [2.75, 3.05) is 4.72 Å². The zero-order chi connectivity index (χ0) is 17.7. The van der Waals surface area contributed by atoms with Crippen LogP contribution in [-0.4, -0.2) is 19.9 Å². The Morgan fingerprint density at radius 3 is 2.36 bits per heavy atom. The smallest absolute Gasteiger partial charge is 0.261 e. The maximum absolute atomic E-state index is 12.7. The molecule has 5 rings (SSSR count). The van der Waals surface area contributed by atoms with Crippen molar-refractivity contribution in [3.8, 4) is 0 Å². The lowest BCUT2D eigenvalue weighted by atomic mass is 9.50. The van der Waals surface area contributed by atoms with Gasteiger partial charge in [-0.3, -0.25) is 9.52 Å². The van der Waals surface area contributed by atoms with E-state index < -0.39 is 10.0 Å². The number of carbonyl (C=O) groups excluding carboxylic acids is 1. The van der Waals surface area contributed by atoms with E-state index in [1.165, 1.54) is 12.1 Å². The summed E-state index contributed by atoms with van der Waals surface area (Å²) in [7, 11) is -3.74. The minimum Gasteiger partial charge on any atom is -0.347 e. The Bertz CT molecular complexity index is 921. The van der Waals surface area contributed by atoms with E-state index in [1.54, 1.807) is 30.3 Å². The Kier molecular flexibility index (Phi) is 3.61. The van der Waals surface area contributed by atoms with Crippen molar-refractivity contribution in [2.45, 2.75) is 36.6 Å². The zero-order valence-electron chi connectivity index (χ0n) is 14.0. The standard InChI is InChI=1S/C19H20N2O3S/c1-13-7-8-16(18(22)20-19-10-14(11-19)12-19)17(9-13)21-25(23,24)15-5-3-2-4-6-15/h2-9,14,21H,10-12H2,1H3,(H,20,22). The molecule has 3 fully saturated rings. The van der Waals surface area contributed by atoms with Crippen LogP contribution in [-0.2, 0) is 10.0 Å². The van der Waals surface area contributed by atoms with Gasteiger partial charge >= 0.3 is 0 Å². The molecule has 0 spiro atoms. The number of anilines is 1. The molecule has 0 atom stereocenters. The molecule has 2 bridgehead atoms. The van der Waals surface area contributed by atoms with Crippen molar-refractivity contribution in [3.05, 3.63) is 59.7 Å². The summed E-state index contributed by atoms with van der Waals surface area (Å²) in [6.45, 7) is 1.86. The highest BCUT2D eigenvalue weighted by Gasteiger charge is 2.57. The van der Waals surface area contributed by atoms with E-state index in [0.717, 1.165) is 30.7 Å². The van der Waals surface area contributed by atoms with Gasteiger partial charge in [-0.2, -0.15) is 0 Å². The van der Waals surface area contributed by atoms with Crippen LogP contribution in [0.2, 0.25) is 0 Å². The number of benzene rings is 2. The van der Waals surface area contributed by atoms with Crippen molar-refractivity contribution < 1.29 is 13.2 Å². The van der Waals surface area contributed by atoms with Gasteiger partial charge in [-0.25, -0.2) is 8.42 Å². The molecule has 0 heterocycles. The normalized spacial score (nSPS) is 24.0. The summed E-state index contributed by atoms with van der Waals surface area (Å²) >= 11 is 0. The molecule has 5 nitrogen and oxygen atoms in total. The molecule has 2 N–H and O–H groups in total. The van der Waals surface area contributed by atoms with Gasteiger partial charge in [0.05, 0.1) is 16.1 Å². The Labute approximate surface area is 147 Å². The summed E-state index contributed by atoms with van der Waals surface area (Å²) in [6, 6.07) is 13.3. The quantitative estimate of drug-likeness (QED) is 0.864. The summed E-state index contributed by atoms with van der Waals surface area (Å²) in [5.74, 6) is 0.540. The fraction of sp³-hybridized carbons (Fsp3) is 0.316. The number of rotatable bonds is 5. The molecule has 2 aromatic rings. The van der Waals surface area contributed by atoms with Gasteiger partial charge in [0.25, 0.3) is 15.9 Å². The fourth-order valence-corrected chi connectivity index (χ4v) is 4.78. The van der Waals surface area contributed by atoms with Gasteiger partial charge in [0, 0.05) is 5.54 Å². The highest BCUT2D eigenvalue weighted by molar-refractivity contribution is 7.92. The first-order valence-corrected chi connectivity index (χ1v) is 9.86. The third-order valence-corrected chi connectivity index (χ3v) is 6.52. The molecule has 1 amide bonds. The molecule has 0 radical (unpaired) electrons. The summed E-state index contributed by atoms with van der Waals surface area (Å²) in [5, 5.41) is 3.09. The molecule has 3 aliphatic carbocycles. The van der Waals surface area contributed by atoms with Crippen molar-refractivity contribution in [2.24, 2.45) is 5.92 Å².